The maximum Gasteiger partial charge on any atom is 0.268 e. The molecule has 116 valence electrons. The molecule has 2 heterocycles. The number of aldehydes is 1. The summed E-state index contributed by atoms with van der Waals surface area (Å²) in [7, 11) is 1.71. The molecule has 3 rings (SSSR count). The van der Waals surface area contributed by atoms with Gasteiger partial charge in [0.15, 0.2) is 11.7 Å². The number of fused-ring (bicyclic) bond motifs is 1. The lowest BCUT2D eigenvalue weighted by molar-refractivity contribution is 0.0942. The first-order valence-electron chi connectivity index (χ1n) is 7.08. The number of nitrogens with one attached hydrogen (secondary N) is 2. The fourth-order valence-electron chi connectivity index (χ4n) is 2.49. The van der Waals surface area contributed by atoms with Crippen molar-refractivity contribution in [2.24, 2.45) is 7.05 Å². The SMILES string of the molecule is Cn1cc(C=O)cc1C(=O)NCc1ccc2c(=O)cc[nH]c2c1. The molecule has 0 atom stereocenters. The number of carbonyl (C=O) groups excluding carboxylic acids is 2. The Labute approximate surface area is 131 Å². The van der Waals surface area contributed by atoms with Gasteiger partial charge in [0.05, 0.1) is 0 Å². The Hall–Kier alpha value is -3.15. The second-order valence-corrected chi connectivity index (χ2v) is 5.29. The van der Waals surface area contributed by atoms with E-state index < -0.39 is 0 Å². The summed E-state index contributed by atoms with van der Waals surface area (Å²) < 4.78 is 1.61. The Morgan fingerprint density at radius 2 is 2.13 bits per heavy atom. The van der Waals surface area contributed by atoms with Crippen LogP contribution in [-0.4, -0.2) is 21.7 Å². The number of nitrogens with zero attached hydrogens (tertiary/aromatic N) is 1. The number of aryl methyl sites for hydroxylation is 1. The van der Waals surface area contributed by atoms with E-state index in [1.807, 2.05) is 6.07 Å². The number of pyridine rings is 1. The van der Waals surface area contributed by atoms with Gasteiger partial charge in [0.25, 0.3) is 5.91 Å². The van der Waals surface area contributed by atoms with Gasteiger partial charge in [0, 0.05) is 48.5 Å². The van der Waals surface area contributed by atoms with Gasteiger partial charge < -0.3 is 14.9 Å². The van der Waals surface area contributed by atoms with E-state index in [2.05, 4.69) is 10.3 Å². The van der Waals surface area contributed by atoms with Crippen molar-refractivity contribution >= 4 is 23.1 Å². The van der Waals surface area contributed by atoms with Crippen molar-refractivity contribution in [3.05, 3.63) is 69.8 Å². The summed E-state index contributed by atoms with van der Waals surface area (Å²) in [6.07, 6.45) is 3.90. The third-order valence-electron chi connectivity index (χ3n) is 3.67. The molecule has 0 radical (unpaired) electrons. The third kappa shape index (κ3) is 2.91. The van der Waals surface area contributed by atoms with Crippen molar-refractivity contribution in [2.75, 3.05) is 0 Å². The number of hydrogen-bond donors (Lipinski definition) is 2. The van der Waals surface area contributed by atoms with E-state index in [4.69, 9.17) is 0 Å². The molecule has 2 N–H and O–H groups in total. The maximum absolute atomic E-state index is 12.2. The molecule has 0 spiro atoms. The zero-order valence-electron chi connectivity index (χ0n) is 12.5. The van der Waals surface area contributed by atoms with Crippen LogP contribution in [0, 0.1) is 0 Å². The minimum absolute atomic E-state index is 0.0421. The molecule has 3 aromatic rings. The quantitative estimate of drug-likeness (QED) is 0.718. The molecule has 0 aliphatic heterocycles. The molecule has 6 nitrogen and oxygen atoms in total. The predicted octanol–water partition coefficient (Wildman–Crippen LogP) is 1.61. The molecule has 0 saturated heterocycles. The summed E-state index contributed by atoms with van der Waals surface area (Å²) >= 11 is 0. The molecule has 6 heteroatoms. The number of amides is 1. The van der Waals surface area contributed by atoms with Crippen molar-refractivity contribution in [1.29, 1.82) is 0 Å². The van der Waals surface area contributed by atoms with Crippen molar-refractivity contribution in [1.82, 2.24) is 14.9 Å². The molecule has 1 aromatic carbocycles. The lowest BCUT2D eigenvalue weighted by Gasteiger charge is -2.07. The lowest BCUT2D eigenvalue weighted by atomic mass is 10.1. The second-order valence-electron chi connectivity index (χ2n) is 5.29. The Kier molecular flexibility index (Phi) is 3.80. The Morgan fingerprint density at radius 3 is 2.87 bits per heavy atom. The second kappa shape index (κ2) is 5.92. The molecule has 0 saturated carbocycles. The largest absolute Gasteiger partial charge is 0.361 e. The van der Waals surface area contributed by atoms with E-state index in [-0.39, 0.29) is 11.3 Å². The monoisotopic (exact) mass is 309 g/mol. The first kappa shape index (κ1) is 14.8. The van der Waals surface area contributed by atoms with Gasteiger partial charge >= 0.3 is 0 Å². The van der Waals surface area contributed by atoms with Crippen LogP contribution in [0.1, 0.15) is 26.4 Å². The zero-order chi connectivity index (χ0) is 16.4. The molecule has 0 aliphatic rings. The number of benzene rings is 1. The van der Waals surface area contributed by atoms with Crippen LogP contribution in [0.4, 0.5) is 0 Å². The van der Waals surface area contributed by atoms with E-state index in [1.165, 1.54) is 6.07 Å². The highest BCUT2D eigenvalue weighted by Gasteiger charge is 2.11. The molecular weight excluding hydrogens is 294 g/mol. The summed E-state index contributed by atoms with van der Waals surface area (Å²) in [4.78, 5) is 37.6. The van der Waals surface area contributed by atoms with Crippen LogP contribution in [0.5, 0.6) is 0 Å². The van der Waals surface area contributed by atoms with Crippen molar-refractivity contribution < 1.29 is 9.59 Å². The van der Waals surface area contributed by atoms with Gasteiger partial charge in [-0.15, -0.1) is 0 Å². The fourth-order valence-corrected chi connectivity index (χ4v) is 2.49. The third-order valence-corrected chi connectivity index (χ3v) is 3.67. The van der Waals surface area contributed by atoms with Crippen LogP contribution < -0.4 is 10.7 Å². The van der Waals surface area contributed by atoms with E-state index >= 15 is 0 Å². The fraction of sp³-hybridized carbons (Fsp3) is 0.118. The van der Waals surface area contributed by atoms with Crippen molar-refractivity contribution in [2.45, 2.75) is 6.54 Å². The summed E-state index contributed by atoms with van der Waals surface area (Å²) in [6, 6.07) is 8.39. The molecule has 0 bridgehead atoms. The summed E-state index contributed by atoms with van der Waals surface area (Å²) in [5.41, 5.74) is 2.44. The number of aromatic amines is 1. The van der Waals surface area contributed by atoms with Gasteiger partial charge in [-0.1, -0.05) is 6.07 Å². The molecular formula is C17H15N3O3. The highest BCUT2D eigenvalue weighted by molar-refractivity contribution is 5.94. The minimum Gasteiger partial charge on any atom is -0.361 e. The molecule has 2 aromatic heterocycles. The van der Waals surface area contributed by atoms with Crippen molar-refractivity contribution in [3.63, 3.8) is 0 Å². The van der Waals surface area contributed by atoms with Gasteiger partial charge in [0.1, 0.15) is 5.69 Å². The average molecular weight is 309 g/mol. The normalized spacial score (nSPS) is 10.7. The first-order chi connectivity index (χ1) is 11.1. The van der Waals surface area contributed by atoms with Crippen LogP contribution in [-0.2, 0) is 13.6 Å². The molecule has 0 aliphatic carbocycles. The number of hydrogen-bond acceptors (Lipinski definition) is 3. The van der Waals surface area contributed by atoms with Gasteiger partial charge in [-0.2, -0.15) is 0 Å². The Bertz CT molecular complexity index is 953. The van der Waals surface area contributed by atoms with Crippen LogP contribution in [0.3, 0.4) is 0 Å². The lowest BCUT2D eigenvalue weighted by Crippen LogP contribution is -2.24. The van der Waals surface area contributed by atoms with E-state index in [0.717, 1.165) is 11.1 Å². The van der Waals surface area contributed by atoms with Crippen LogP contribution in [0.15, 0.2) is 47.5 Å². The number of carbonyl (C=O) groups is 2. The highest BCUT2D eigenvalue weighted by Crippen LogP contribution is 2.11. The van der Waals surface area contributed by atoms with Gasteiger partial charge in [-0.3, -0.25) is 14.4 Å². The van der Waals surface area contributed by atoms with Crippen molar-refractivity contribution in [3.8, 4) is 0 Å². The first-order valence-corrected chi connectivity index (χ1v) is 7.08. The van der Waals surface area contributed by atoms with E-state index in [0.29, 0.717) is 29.5 Å². The smallest absolute Gasteiger partial charge is 0.268 e. The van der Waals surface area contributed by atoms with E-state index in [9.17, 15) is 14.4 Å². The minimum atomic E-state index is -0.262. The average Bonchev–Trinajstić information content (AvgIpc) is 2.94. The van der Waals surface area contributed by atoms with Gasteiger partial charge in [0.2, 0.25) is 0 Å². The van der Waals surface area contributed by atoms with Crippen LogP contribution >= 0.6 is 0 Å². The zero-order valence-corrected chi connectivity index (χ0v) is 12.5. The summed E-state index contributed by atoms with van der Waals surface area (Å²) in [5.74, 6) is -0.262. The molecule has 0 fully saturated rings. The highest BCUT2D eigenvalue weighted by atomic mass is 16.2. The summed E-state index contributed by atoms with van der Waals surface area (Å²) in [5, 5.41) is 3.42. The van der Waals surface area contributed by atoms with E-state index in [1.54, 1.807) is 42.2 Å². The Morgan fingerprint density at radius 1 is 1.30 bits per heavy atom. The van der Waals surface area contributed by atoms with Crippen LogP contribution in [0.2, 0.25) is 0 Å². The molecule has 1 amide bonds. The van der Waals surface area contributed by atoms with Gasteiger partial charge in [-0.05, 0) is 23.8 Å². The molecule has 0 unspecified atom stereocenters. The maximum atomic E-state index is 12.2. The number of aromatic nitrogens is 2. The predicted molar refractivity (Wildman–Crippen MR) is 86.5 cm³/mol. The van der Waals surface area contributed by atoms with Crippen LogP contribution in [0.25, 0.3) is 10.9 Å². The van der Waals surface area contributed by atoms with Gasteiger partial charge in [-0.25, -0.2) is 0 Å². The number of rotatable bonds is 4. The topological polar surface area (TPSA) is 84.0 Å². The molecule has 23 heavy (non-hydrogen) atoms. The number of H-pyrrole nitrogens is 1. The summed E-state index contributed by atoms with van der Waals surface area (Å²) in [6.45, 7) is 0.327. The standard InChI is InChI=1S/C17H15N3O3/c1-20-9-12(10-21)7-15(20)17(23)19-8-11-2-3-13-14(6-11)18-5-4-16(13)22/h2-7,9-10H,8H2,1H3,(H,18,22)(H,19,23). The Balaban J connectivity index is 1.77.